The molecule has 3 heterocycles. The maximum Gasteiger partial charge on any atom is 0.255 e. The Bertz CT molecular complexity index is 674. The van der Waals surface area contributed by atoms with Crippen molar-refractivity contribution >= 4 is 28.7 Å². The van der Waals surface area contributed by atoms with Crippen LogP contribution in [0.5, 0.6) is 0 Å². The summed E-state index contributed by atoms with van der Waals surface area (Å²) in [6.07, 6.45) is 1.80. The molecular weight excluding hydrogens is 284 g/mol. The van der Waals surface area contributed by atoms with Crippen molar-refractivity contribution in [2.75, 3.05) is 24.6 Å². The second-order valence-electron chi connectivity index (χ2n) is 5.62. The first-order chi connectivity index (χ1) is 10.1. The van der Waals surface area contributed by atoms with Gasteiger partial charge in [-0.2, -0.15) is 16.9 Å². The fourth-order valence-corrected chi connectivity index (χ4v) is 3.50. The maximum absolute atomic E-state index is 12.7. The number of rotatable bonds is 2. The summed E-state index contributed by atoms with van der Waals surface area (Å²) in [6, 6.07) is 2.20. The number of aromatic nitrogens is 3. The normalized spacial score (nSPS) is 15.9. The molecule has 1 aliphatic heterocycles. The molecule has 0 spiro atoms. The first-order valence-electron chi connectivity index (χ1n) is 7.30. The van der Waals surface area contributed by atoms with Crippen LogP contribution in [-0.4, -0.2) is 50.2 Å². The Balaban J connectivity index is 1.99. The van der Waals surface area contributed by atoms with E-state index in [1.54, 1.807) is 6.20 Å². The van der Waals surface area contributed by atoms with Gasteiger partial charge in [0.25, 0.3) is 5.91 Å². The Hall–Kier alpha value is -1.56. The zero-order valence-electron chi connectivity index (χ0n) is 12.7. The molecule has 0 N–H and O–H groups in total. The van der Waals surface area contributed by atoms with Crippen molar-refractivity contribution in [1.29, 1.82) is 0 Å². The zero-order chi connectivity index (χ0) is 15.0. The van der Waals surface area contributed by atoms with Gasteiger partial charge in [0, 0.05) is 36.0 Å². The predicted octanol–water partition coefficient (Wildman–Crippen LogP) is 2.51. The van der Waals surface area contributed by atoms with E-state index < -0.39 is 0 Å². The molecule has 0 radical (unpaired) electrons. The Morgan fingerprint density at radius 3 is 2.71 bits per heavy atom. The first kappa shape index (κ1) is 14.4. The van der Waals surface area contributed by atoms with E-state index >= 15 is 0 Å². The quantitative estimate of drug-likeness (QED) is 0.855. The van der Waals surface area contributed by atoms with Crippen molar-refractivity contribution in [2.45, 2.75) is 26.8 Å². The van der Waals surface area contributed by atoms with Gasteiger partial charge in [0.1, 0.15) is 0 Å². The van der Waals surface area contributed by atoms with E-state index in [0.29, 0.717) is 5.56 Å². The Labute approximate surface area is 128 Å². The van der Waals surface area contributed by atoms with Crippen LogP contribution in [0.15, 0.2) is 12.3 Å². The topological polar surface area (TPSA) is 51.0 Å². The number of fused-ring (bicyclic) bond motifs is 1. The summed E-state index contributed by atoms with van der Waals surface area (Å²) in [5.41, 5.74) is 2.35. The van der Waals surface area contributed by atoms with Crippen LogP contribution in [0.2, 0.25) is 0 Å². The minimum Gasteiger partial charge on any atom is -0.337 e. The number of carbonyl (C=O) groups is 1. The van der Waals surface area contributed by atoms with Crippen molar-refractivity contribution < 1.29 is 4.79 Å². The molecule has 0 aromatic carbocycles. The van der Waals surface area contributed by atoms with E-state index in [1.807, 2.05) is 34.3 Å². The fraction of sp³-hybridized carbons (Fsp3) is 0.533. The predicted molar refractivity (Wildman–Crippen MR) is 85.9 cm³/mol. The summed E-state index contributed by atoms with van der Waals surface area (Å²) in [7, 11) is 0. The van der Waals surface area contributed by atoms with E-state index in [2.05, 4.69) is 23.9 Å². The number of aryl methyl sites for hydroxylation is 1. The molecule has 0 aliphatic carbocycles. The summed E-state index contributed by atoms with van der Waals surface area (Å²) in [4.78, 5) is 19.2. The highest BCUT2D eigenvalue weighted by Gasteiger charge is 2.22. The lowest BCUT2D eigenvalue weighted by atomic mass is 10.1. The second-order valence-corrected chi connectivity index (χ2v) is 6.85. The van der Waals surface area contributed by atoms with Crippen molar-refractivity contribution in [1.82, 2.24) is 19.7 Å². The lowest BCUT2D eigenvalue weighted by Crippen LogP contribution is -2.38. The van der Waals surface area contributed by atoms with E-state index in [-0.39, 0.29) is 11.9 Å². The summed E-state index contributed by atoms with van der Waals surface area (Å²) in [6.45, 7) is 7.71. The van der Waals surface area contributed by atoms with E-state index in [1.165, 1.54) is 0 Å². The zero-order valence-corrected chi connectivity index (χ0v) is 13.5. The summed E-state index contributed by atoms with van der Waals surface area (Å²) in [5.74, 6) is 2.14. The molecule has 0 bridgehead atoms. The highest BCUT2D eigenvalue weighted by molar-refractivity contribution is 7.99. The molecule has 112 valence electrons. The molecule has 0 atom stereocenters. The third-order valence-corrected chi connectivity index (χ3v) is 4.72. The molecule has 3 rings (SSSR count). The molecule has 1 aliphatic rings. The Kier molecular flexibility index (Phi) is 3.89. The second kappa shape index (κ2) is 5.67. The third kappa shape index (κ3) is 2.64. The van der Waals surface area contributed by atoms with Crippen molar-refractivity contribution in [3.63, 3.8) is 0 Å². The highest BCUT2D eigenvalue weighted by Crippen LogP contribution is 2.21. The van der Waals surface area contributed by atoms with Gasteiger partial charge >= 0.3 is 0 Å². The summed E-state index contributed by atoms with van der Waals surface area (Å²) in [5, 5.41) is 5.31. The van der Waals surface area contributed by atoms with Gasteiger partial charge in [0.05, 0.1) is 17.5 Å². The molecule has 21 heavy (non-hydrogen) atoms. The number of thioether (sulfide) groups is 1. The number of pyridine rings is 1. The summed E-state index contributed by atoms with van der Waals surface area (Å²) >= 11 is 1.90. The maximum atomic E-state index is 12.7. The monoisotopic (exact) mass is 304 g/mol. The van der Waals surface area contributed by atoms with Crippen LogP contribution in [0.4, 0.5) is 0 Å². The van der Waals surface area contributed by atoms with Crippen LogP contribution >= 0.6 is 11.8 Å². The minimum atomic E-state index is 0.0968. The van der Waals surface area contributed by atoms with Crippen LogP contribution in [-0.2, 0) is 0 Å². The van der Waals surface area contributed by atoms with Gasteiger partial charge < -0.3 is 4.90 Å². The van der Waals surface area contributed by atoms with Crippen LogP contribution in [0.3, 0.4) is 0 Å². The van der Waals surface area contributed by atoms with Gasteiger partial charge in [-0.15, -0.1) is 0 Å². The van der Waals surface area contributed by atoms with Gasteiger partial charge in [0.2, 0.25) is 0 Å². The molecule has 0 saturated carbocycles. The third-order valence-electron chi connectivity index (χ3n) is 3.78. The van der Waals surface area contributed by atoms with Crippen molar-refractivity contribution in [3.8, 4) is 0 Å². The molecule has 5 nitrogen and oxygen atoms in total. The molecular formula is C15H20N4OS. The fourth-order valence-electron chi connectivity index (χ4n) is 2.60. The lowest BCUT2D eigenvalue weighted by molar-refractivity contribution is 0.0771. The lowest BCUT2D eigenvalue weighted by Gasteiger charge is -2.26. The smallest absolute Gasteiger partial charge is 0.255 e. The van der Waals surface area contributed by atoms with Gasteiger partial charge in [-0.3, -0.25) is 4.79 Å². The van der Waals surface area contributed by atoms with Crippen LogP contribution in [0.25, 0.3) is 11.0 Å². The largest absolute Gasteiger partial charge is 0.337 e. The van der Waals surface area contributed by atoms with Crippen LogP contribution in [0.1, 0.15) is 35.9 Å². The molecule has 1 amide bonds. The van der Waals surface area contributed by atoms with Gasteiger partial charge in [-0.1, -0.05) is 0 Å². The van der Waals surface area contributed by atoms with Crippen LogP contribution < -0.4 is 0 Å². The van der Waals surface area contributed by atoms with Gasteiger partial charge in [-0.05, 0) is 26.8 Å². The van der Waals surface area contributed by atoms with E-state index in [0.717, 1.165) is 41.3 Å². The molecule has 2 aromatic rings. The SMILES string of the molecule is Cc1nc2c(cnn2C(C)C)cc1C(=O)N1CCSCC1. The molecule has 2 aromatic heterocycles. The molecule has 1 fully saturated rings. The highest BCUT2D eigenvalue weighted by atomic mass is 32.2. The number of carbonyl (C=O) groups excluding carboxylic acids is 1. The minimum absolute atomic E-state index is 0.0968. The number of hydrogen-bond acceptors (Lipinski definition) is 4. The average molecular weight is 304 g/mol. The van der Waals surface area contributed by atoms with E-state index in [4.69, 9.17) is 0 Å². The van der Waals surface area contributed by atoms with Gasteiger partial charge in [-0.25, -0.2) is 9.67 Å². The van der Waals surface area contributed by atoms with Crippen LogP contribution in [0, 0.1) is 6.92 Å². The Morgan fingerprint density at radius 1 is 1.33 bits per heavy atom. The van der Waals surface area contributed by atoms with E-state index in [9.17, 15) is 4.79 Å². The average Bonchev–Trinajstić information content (AvgIpc) is 2.89. The molecule has 0 unspecified atom stereocenters. The Morgan fingerprint density at radius 2 is 2.05 bits per heavy atom. The number of nitrogens with zero attached hydrogens (tertiary/aromatic N) is 4. The molecule has 1 saturated heterocycles. The van der Waals surface area contributed by atoms with Crippen molar-refractivity contribution in [3.05, 3.63) is 23.5 Å². The standard InChI is InChI=1S/C15H20N4OS/c1-10(2)19-14-12(9-16-19)8-13(11(3)17-14)15(20)18-4-6-21-7-5-18/h8-10H,4-7H2,1-3H3. The first-order valence-corrected chi connectivity index (χ1v) is 8.45. The summed E-state index contributed by atoms with van der Waals surface area (Å²) < 4.78 is 1.90. The van der Waals surface area contributed by atoms with Gasteiger partial charge in [0.15, 0.2) is 5.65 Å². The van der Waals surface area contributed by atoms with Crippen molar-refractivity contribution in [2.24, 2.45) is 0 Å². The molecule has 6 heteroatoms. The number of hydrogen-bond donors (Lipinski definition) is 0. The number of amides is 1.